The van der Waals surface area contributed by atoms with E-state index in [1.54, 1.807) is 6.92 Å². The monoisotopic (exact) mass is 277 g/mol. The van der Waals surface area contributed by atoms with Gasteiger partial charge in [-0.1, -0.05) is 6.07 Å². The van der Waals surface area contributed by atoms with Gasteiger partial charge >= 0.3 is 5.97 Å². The molecule has 0 spiro atoms. The summed E-state index contributed by atoms with van der Waals surface area (Å²) >= 11 is 0. The average Bonchev–Trinajstić information content (AvgIpc) is 2.86. The zero-order valence-electron chi connectivity index (χ0n) is 12.3. The van der Waals surface area contributed by atoms with Gasteiger partial charge in [0, 0.05) is 6.42 Å². The SMILES string of the molecule is CCOC(=O)C(N)Cc1cc2c(cc1OCC)CCC2. The third kappa shape index (κ3) is 3.31. The molecule has 110 valence electrons. The molecular formula is C16H23NO3. The summed E-state index contributed by atoms with van der Waals surface area (Å²) in [7, 11) is 0. The molecule has 0 saturated carbocycles. The number of benzene rings is 1. The number of fused-ring (bicyclic) bond motifs is 1. The van der Waals surface area contributed by atoms with Gasteiger partial charge in [-0.05, 0) is 55.9 Å². The van der Waals surface area contributed by atoms with Crippen LogP contribution in [0.2, 0.25) is 0 Å². The normalized spacial score (nSPS) is 14.8. The van der Waals surface area contributed by atoms with Crippen molar-refractivity contribution in [3.8, 4) is 5.75 Å². The van der Waals surface area contributed by atoms with Crippen LogP contribution >= 0.6 is 0 Å². The molecule has 0 aromatic heterocycles. The zero-order chi connectivity index (χ0) is 14.5. The van der Waals surface area contributed by atoms with Crippen LogP contribution in [0, 0.1) is 0 Å². The van der Waals surface area contributed by atoms with E-state index in [1.165, 1.54) is 17.5 Å². The fraction of sp³-hybridized carbons (Fsp3) is 0.562. The molecule has 1 atom stereocenters. The Kier molecular flexibility index (Phi) is 5.01. The lowest BCUT2D eigenvalue weighted by atomic mass is 10.00. The Morgan fingerprint density at radius 3 is 2.60 bits per heavy atom. The highest BCUT2D eigenvalue weighted by Gasteiger charge is 2.20. The standard InChI is InChI=1S/C16H23NO3/c1-3-19-15-10-12-7-5-6-11(12)8-13(15)9-14(17)16(18)20-4-2/h8,10,14H,3-7,9,17H2,1-2H3. The molecule has 20 heavy (non-hydrogen) atoms. The Hall–Kier alpha value is -1.55. The molecule has 0 fully saturated rings. The van der Waals surface area contributed by atoms with Crippen LogP contribution in [0.15, 0.2) is 12.1 Å². The molecule has 1 aliphatic rings. The van der Waals surface area contributed by atoms with Gasteiger partial charge in [0.2, 0.25) is 0 Å². The molecule has 4 nitrogen and oxygen atoms in total. The van der Waals surface area contributed by atoms with Gasteiger partial charge in [0.1, 0.15) is 11.8 Å². The third-order valence-electron chi connectivity index (χ3n) is 3.60. The molecule has 0 amide bonds. The van der Waals surface area contributed by atoms with E-state index in [4.69, 9.17) is 15.2 Å². The second kappa shape index (κ2) is 6.75. The molecule has 0 saturated heterocycles. The van der Waals surface area contributed by atoms with Crippen molar-refractivity contribution in [1.29, 1.82) is 0 Å². The van der Waals surface area contributed by atoms with Crippen molar-refractivity contribution in [3.63, 3.8) is 0 Å². The number of hydrogen-bond donors (Lipinski definition) is 1. The van der Waals surface area contributed by atoms with E-state index in [1.807, 2.05) is 6.92 Å². The molecule has 1 aromatic rings. The zero-order valence-corrected chi connectivity index (χ0v) is 12.3. The van der Waals surface area contributed by atoms with Crippen molar-refractivity contribution in [2.24, 2.45) is 5.73 Å². The molecule has 0 radical (unpaired) electrons. The predicted molar refractivity (Wildman–Crippen MR) is 77.9 cm³/mol. The Morgan fingerprint density at radius 2 is 1.95 bits per heavy atom. The van der Waals surface area contributed by atoms with E-state index in [-0.39, 0.29) is 5.97 Å². The number of nitrogens with two attached hydrogens (primary N) is 1. The van der Waals surface area contributed by atoms with Crippen LogP contribution < -0.4 is 10.5 Å². The van der Waals surface area contributed by atoms with Gasteiger partial charge in [-0.2, -0.15) is 0 Å². The van der Waals surface area contributed by atoms with Crippen molar-refractivity contribution < 1.29 is 14.3 Å². The second-order valence-corrected chi connectivity index (χ2v) is 5.08. The van der Waals surface area contributed by atoms with Gasteiger partial charge in [-0.3, -0.25) is 4.79 Å². The van der Waals surface area contributed by atoms with Gasteiger partial charge < -0.3 is 15.2 Å². The highest BCUT2D eigenvalue weighted by molar-refractivity contribution is 5.76. The van der Waals surface area contributed by atoms with E-state index in [9.17, 15) is 4.79 Å². The van der Waals surface area contributed by atoms with E-state index in [2.05, 4.69) is 12.1 Å². The Bertz CT molecular complexity index is 485. The maximum Gasteiger partial charge on any atom is 0.323 e. The van der Waals surface area contributed by atoms with E-state index >= 15 is 0 Å². The first-order chi connectivity index (χ1) is 9.65. The second-order valence-electron chi connectivity index (χ2n) is 5.08. The largest absolute Gasteiger partial charge is 0.494 e. The minimum absolute atomic E-state index is 0.351. The first-order valence-electron chi connectivity index (χ1n) is 7.35. The van der Waals surface area contributed by atoms with Crippen LogP contribution in [0.3, 0.4) is 0 Å². The number of hydrogen-bond acceptors (Lipinski definition) is 4. The maximum atomic E-state index is 11.7. The lowest BCUT2D eigenvalue weighted by Crippen LogP contribution is -2.34. The number of rotatable bonds is 6. The summed E-state index contributed by atoms with van der Waals surface area (Å²) in [6.07, 6.45) is 3.86. The minimum Gasteiger partial charge on any atom is -0.494 e. The molecule has 0 heterocycles. The first kappa shape index (κ1) is 14.9. The maximum absolute atomic E-state index is 11.7. The van der Waals surface area contributed by atoms with Gasteiger partial charge in [0.15, 0.2) is 0 Å². The molecule has 1 aromatic carbocycles. The number of esters is 1. The molecule has 2 rings (SSSR count). The first-order valence-corrected chi connectivity index (χ1v) is 7.35. The Labute approximate surface area is 120 Å². The summed E-state index contributed by atoms with van der Waals surface area (Å²) in [6, 6.07) is 3.62. The summed E-state index contributed by atoms with van der Waals surface area (Å²) in [5.41, 5.74) is 9.65. The van der Waals surface area contributed by atoms with Crippen molar-refractivity contribution in [2.75, 3.05) is 13.2 Å². The van der Waals surface area contributed by atoms with E-state index < -0.39 is 6.04 Å². The third-order valence-corrected chi connectivity index (χ3v) is 3.60. The van der Waals surface area contributed by atoms with Gasteiger partial charge in [0.05, 0.1) is 13.2 Å². The van der Waals surface area contributed by atoms with E-state index in [0.29, 0.717) is 19.6 Å². The topological polar surface area (TPSA) is 61.5 Å². The van der Waals surface area contributed by atoms with Crippen LogP contribution in [0.25, 0.3) is 0 Å². The molecule has 1 aliphatic carbocycles. The predicted octanol–water partition coefficient (Wildman–Crippen LogP) is 2.01. The average molecular weight is 277 g/mol. The van der Waals surface area contributed by atoms with Crippen molar-refractivity contribution in [1.82, 2.24) is 0 Å². The Morgan fingerprint density at radius 1 is 1.25 bits per heavy atom. The summed E-state index contributed by atoms with van der Waals surface area (Å²) in [4.78, 5) is 11.7. The number of carbonyl (C=O) groups excluding carboxylic acids is 1. The van der Waals surface area contributed by atoms with Crippen LogP contribution in [0.5, 0.6) is 5.75 Å². The van der Waals surface area contributed by atoms with E-state index in [0.717, 1.165) is 24.2 Å². The minimum atomic E-state index is -0.631. The fourth-order valence-electron chi connectivity index (χ4n) is 2.67. The number of carbonyl (C=O) groups is 1. The summed E-state index contributed by atoms with van der Waals surface area (Å²) in [5.74, 6) is 0.503. The van der Waals surface area contributed by atoms with Crippen molar-refractivity contribution in [2.45, 2.75) is 45.6 Å². The lowest BCUT2D eigenvalue weighted by Gasteiger charge is -2.16. The number of aryl methyl sites for hydroxylation is 2. The quantitative estimate of drug-likeness (QED) is 0.808. The highest BCUT2D eigenvalue weighted by Crippen LogP contribution is 2.30. The molecule has 1 unspecified atom stereocenters. The summed E-state index contributed by atoms with van der Waals surface area (Å²) in [5, 5.41) is 0. The van der Waals surface area contributed by atoms with Gasteiger partial charge in [-0.15, -0.1) is 0 Å². The van der Waals surface area contributed by atoms with Gasteiger partial charge in [-0.25, -0.2) is 0 Å². The van der Waals surface area contributed by atoms with Gasteiger partial charge in [0.25, 0.3) is 0 Å². The van der Waals surface area contributed by atoms with Crippen LogP contribution in [0.1, 0.15) is 37.0 Å². The van der Waals surface area contributed by atoms with Crippen molar-refractivity contribution >= 4 is 5.97 Å². The summed E-state index contributed by atoms with van der Waals surface area (Å²) in [6.45, 7) is 4.71. The highest BCUT2D eigenvalue weighted by atomic mass is 16.5. The molecule has 0 aliphatic heterocycles. The van der Waals surface area contributed by atoms with Crippen molar-refractivity contribution in [3.05, 3.63) is 28.8 Å². The smallest absolute Gasteiger partial charge is 0.323 e. The van der Waals surface area contributed by atoms with Crippen LogP contribution in [0.4, 0.5) is 0 Å². The molecular weight excluding hydrogens is 254 g/mol. The lowest BCUT2D eigenvalue weighted by molar-refractivity contribution is -0.144. The molecule has 0 bridgehead atoms. The summed E-state index contributed by atoms with van der Waals surface area (Å²) < 4.78 is 10.7. The van der Waals surface area contributed by atoms with Crippen LogP contribution in [-0.2, 0) is 28.8 Å². The molecule has 2 N–H and O–H groups in total. The fourth-order valence-corrected chi connectivity index (χ4v) is 2.67. The number of ether oxygens (including phenoxy) is 2. The molecule has 4 heteroatoms. The Balaban J connectivity index is 2.19. The van der Waals surface area contributed by atoms with Crippen LogP contribution in [-0.4, -0.2) is 25.2 Å².